The largest absolute Gasteiger partial charge is 0.336 e. The van der Waals surface area contributed by atoms with Crippen LogP contribution in [0, 0.1) is 0 Å². The first-order chi connectivity index (χ1) is 12.2. The summed E-state index contributed by atoms with van der Waals surface area (Å²) >= 11 is 24.0. The van der Waals surface area contributed by atoms with E-state index in [2.05, 4.69) is 5.32 Å². The Morgan fingerprint density at radius 1 is 1.12 bits per heavy atom. The fourth-order valence-electron chi connectivity index (χ4n) is 2.29. The molecular formula is C17H16Cl4NO3P. The highest BCUT2D eigenvalue weighted by Gasteiger charge is 2.49. The van der Waals surface area contributed by atoms with Gasteiger partial charge in [0.2, 0.25) is 3.79 Å². The maximum absolute atomic E-state index is 13.7. The number of hydrogen-bond acceptors (Lipinski definition) is 3. The average molecular weight is 455 g/mol. The van der Waals surface area contributed by atoms with Gasteiger partial charge in [0, 0.05) is 15.9 Å². The Bertz CT molecular complexity index is 794. The van der Waals surface area contributed by atoms with Crippen molar-refractivity contribution in [3.8, 4) is 0 Å². The van der Waals surface area contributed by atoms with Crippen molar-refractivity contribution < 1.29 is 13.9 Å². The lowest BCUT2D eigenvalue weighted by Crippen LogP contribution is -2.46. The van der Waals surface area contributed by atoms with Crippen molar-refractivity contribution in [1.29, 1.82) is 0 Å². The number of alkyl halides is 3. The summed E-state index contributed by atoms with van der Waals surface area (Å²) < 4.78 is 17.1. The van der Waals surface area contributed by atoms with E-state index in [9.17, 15) is 9.36 Å². The molecule has 140 valence electrons. The normalized spacial score (nSPS) is 15.1. The molecule has 2 rings (SSSR count). The highest BCUT2D eigenvalue weighted by Crippen LogP contribution is 2.57. The van der Waals surface area contributed by atoms with Crippen molar-refractivity contribution in [1.82, 2.24) is 5.32 Å². The van der Waals surface area contributed by atoms with Gasteiger partial charge in [-0.05, 0) is 43.3 Å². The van der Waals surface area contributed by atoms with Crippen LogP contribution in [0.3, 0.4) is 0 Å². The summed E-state index contributed by atoms with van der Waals surface area (Å²) in [5, 5.41) is 3.37. The summed E-state index contributed by atoms with van der Waals surface area (Å²) in [4.78, 5) is 12.6. The second kappa shape index (κ2) is 8.97. The van der Waals surface area contributed by atoms with Crippen LogP contribution in [0.2, 0.25) is 5.02 Å². The van der Waals surface area contributed by atoms with Crippen molar-refractivity contribution in [2.75, 3.05) is 6.61 Å². The van der Waals surface area contributed by atoms with Crippen LogP contribution in [-0.2, 0) is 9.09 Å². The van der Waals surface area contributed by atoms with Gasteiger partial charge in [0.05, 0.1) is 6.61 Å². The molecule has 0 bridgehead atoms. The molecule has 0 spiro atoms. The summed E-state index contributed by atoms with van der Waals surface area (Å²) in [7, 11) is -3.74. The smallest absolute Gasteiger partial charge is 0.258 e. The van der Waals surface area contributed by atoms with Crippen LogP contribution >= 0.6 is 53.8 Å². The summed E-state index contributed by atoms with van der Waals surface area (Å²) in [6, 6.07) is 14.5. The zero-order valence-corrected chi connectivity index (χ0v) is 17.6. The van der Waals surface area contributed by atoms with Gasteiger partial charge in [-0.25, -0.2) is 0 Å². The molecule has 2 aromatic carbocycles. The van der Waals surface area contributed by atoms with Gasteiger partial charge >= 0.3 is 0 Å². The van der Waals surface area contributed by atoms with Gasteiger partial charge in [0.15, 0.2) is 5.78 Å². The summed E-state index contributed by atoms with van der Waals surface area (Å²) in [5.74, 6) is -1.95. The average Bonchev–Trinajstić information content (AvgIpc) is 2.60. The number of halogens is 4. The Hall–Kier alpha value is -0.740. The van der Waals surface area contributed by atoms with Crippen LogP contribution in [0.1, 0.15) is 17.3 Å². The Balaban J connectivity index is 2.43. The molecule has 0 aromatic heterocycles. The van der Waals surface area contributed by atoms with Gasteiger partial charge in [-0.1, -0.05) is 64.6 Å². The fourth-order valence-corrected chi connectivity index (χ4v) is 5.98. The predicted octanol–water partition coefficient (Wildman–Crippen LogP) is 5.41. The summed E-state index contributed by atoms with van der Waals surface area (Å²) in [6.45, 7) is 1.78. The molecule has 0 aliphatic heterocycles. The number of benzene rings is 2. The predicted molar refractivity (Wildman–Crippen MR) is 108 cm³/mol. The quantitative estimate of drug-likeness (QED) is 0.469. The molecule has 1 N–H and O–H groups in total. The lowest BCUT2D eigenvalue weighted by molar-refractivity contribution is 0.0945. The van der Waals surface area contributed by atoms with Crippen molar-refractivity contribution in [3.63, 3.8) is 0 Å². The van der Waals surface area contributed by atoms with Crippen LogP contribution in [0.5, 0.6) is 0 Å². The van der Waals surface area contributed by atoms with Crippen molar-refractivity contribution in [2.45, 2.75) is 16.5 Å². The molecule has 0 aliphatic carbocycles. The van der Waals surface area contributed by atoms with E-state index < -0.39 is 22.9 Å². The molecule has 4 nitrogen and oxygen atoms in total. The second-order valence-corrected chi connectivity index (χ2v) is 10.6. The van der Waals surface area contributed by atoms with Gasteiger partial charge in [0.1, 0.15) is 0 Å². The molecule has 0 saturated carbocycles. The lowest BCUT2D eigenvalue weighted by atomic mass is 10.2. The van der Waals surface area contributed by atoms with Crippen molar-refractivity contribution >= 4 is 65.0 Å². The maximum Gasteiger partial charge on any atom is 0.258 e. The molecule has 2 unspecified atom stereocenters. The van der Waals surface area contributed by atoms with Gasteiger partial charge in [-0.2, -0.15) is 0 Å². The lowest BCUT2D eigenvalue weighted by Gasteiger charge is -2.32. The topological polar surface area (TPSA) is 55.4 Å². The molecule has 0 radical (unpaired) electrons. The zero-order chi connectivity index (χ0) is 19.4. The standard InChI is InChI=1S/C17H16Cl4NO3P/c1-2-25-26(24,14-6-4-3-5-7-14)16(17(19,20)21)22-15(23)12-8-10-13(18)11-9-12/h3-11,16H,2H2,1H3,(H,22,23). The van der Waals surface area contributed by atoms with Gasteiger partial charge in [0.25, 0.3) is 13.3 Å². The van der Waals surface area contributed by atoms with E-state index in [1.54, 1.807) is 49.4 Å². The Labute approximate surface area is 172 Å². The number of amides is 1. The maximum atomic E-state index is 13.7. The number of hydrogen-bond donors (Lipinski definition) is 1. The molecule has 1 amide bonds. The zero-order valence-electron chi connectivity index (χ0n) is 13.7. The molecule has 0 fully saturated rings. The summed E-state index contributed by atoms with van der Waals surface area (Å²) in [5.41, 5.74) is 0.282. The Morgan fingerprint density at radius 2 is 1.69 bits per heavy atom. The van der Waals surface area contributed by atoms with Gasteiger partial charge in [-0.15, -0.1) is 0 Å². The SMILES string of the molecule is CCOP(=O)(c1ccccc1)C(NC(=O)c1ccc(Cl)cc1)C(Cl)(Cl)Cl. The van der Waals surface area contributed by atoms with Gasteiger partial charge in [-0.3, -0.25) is 9.36 Å². The number of rotatable bonds is 6. The minimum absolute atomic E-state index is 0.111. The first kappa shape index (κ1) is 21.6. The highest BCUT2D eigenvalue weighted by atomic mass is 35.6. The molecule has 0 aliphatic rings. The van der Waals surface area contributed by atoms with E-state index in [0.717, 1.165) is 0 Å². The first-order valence-corrected chi connectivity index (χ1v) is 10.8. The van der Waals surface area contributed by atoms with E-state index >= 15 is 0 Å². The minimum Gasteiger partial charge on any atom is -0.336 e. The molecule has 2 atom stereocenters. The highest BCUT2D eigenvalue weighted by molar-refractivity contribution is 7.68. The van der Waals surface area contributed by atoms with Crippen LogP contribution in [0.4, 0.5) is 0 Å². The van der Waals surface area contributed by atoms with E-state index in [-0.39, 0.29) is 12.2 Å². The Kier molecular flexibility index (Phi) is 7.43. The minimum atomic E-state index is -3.74. The van der Waals surface area contributed by atoms with Crippen molar-refractivity contribution in [3.05, 3.63) is 65.2 Å². The van der Waals surface area contributed by atoms with E-state index in [4.69, 9.17) is 50.9 Å². The number of nitrogens with one attached hydrogen (secondary N) is 1. The molecule has 0 saturated heterocycles. The molecule has 0 heterocycles. The number of carbonyl (C=O) groups excluding carboxylic acids is 1. The van der Waals surface area contributed by atoms with Crippen molar-refractivity contribution in [2.24, 2.45) is 0 Å². The molecule has 2 aromatic rings. The monoisotopic (exact) mass is 453 g/mol. The number of carbonyl (C=O) groups is 1. The first-order valence-electron chi connectivity index (χ1n) is 7.61. The van der Waals surface area contributed by atoms with Crippen LogP contribution < -0.4 is 10.6 Å². The summed E-state index contributed by atoms with van der Waals surface area (Å²) in [6.07, 6.45) is 0. The van der Waals surface area contributed by atoms with Crippen LogP contribution in [-0.4, -0.2) is 22.1 Å². The third-order valence-electron chi connectivity index (χ3n) is 3.46. The van der Waals surface area contributed by atoms with E-state index in [1.165, 1.54) is 12.1 Å². The molecule has 9 heteroatoms. The van der Waals surface area contributed by atoms with E-state index in [1.807, 2.05) is 0 Å². The fraction of sp³-hybridized carbons (Fsp3) is 0.235. The second-order valence-electron chi connectivity index (χ2n) is 5.27. The molecular weight excluding hydrogens is 439 g/mol. The molecule has 26 heavy (non-hydrogen) atoms. The van der Waals surface area contributed by atoms with Gasteiger partial charge < -0.3 is 9.84 Å². The third kappa shape index (κ3) is 5.16. The van der Waals surface area contributed by atoms with Crippen LogP contribution in [0.15, 0.2) is 54.6 Å². The Morgan fingerprint density at radius 3 is 2.19 bits per heavy atom. The van der Waals surface area contributed by atoms with Crippen LogP contribution in [0.25, 0.3) is 0 Å². The van der Waals surface area contributed by atoms with E-state index in [0.29, 0.717) is 10.3 Å². The third-order valence-corrected chi connectivity index (χ3v) is 7.68.